The number of aliphatic carboxylic acids is 2. The number of nitrogens with two attached hydrogens (primary N) is 2. The number of carboxylic acids is 2. The number of amides is 7. The number of urea groups is 1. The van der Waals surface area contributed by atoms with Gasteiger partial charge in [0.2, 0.25) is 29.5 Å². The van der Waals surface area contributed by atoms with Crippen LogP contribution in [0.15, 0.2) is 24.3 Å². The lowest BCUT2D eigenvalue weighted by Crippen LogP contribution is -2.61. The summed E-state index contributed by atoms with van der Waals surface area (Å²) >= 11 is 0. The molecule has 20 nitrogen and oxygen atoms in total. The van der Waals surface area contributed by atoms with Crippen molar-refractivity contribution in [1.29, 1.82) is 0 Å². The van der Waals surface area contributed by atoms with Gasteiger partial charge in [-0.2, -0.15) is 0 Å². The molecule has 306 valence electrons. The quantitative estimate of drug-likeness (QED) is 0.0569. The third kappa shape index (κ3) is 15.4. The lowest BCUT2D eigenvalue weighted by atomic mass is 10.0. The lowest BCUT2D eigenvalue weighted by Gasteiger charge is -2.32. The third-order valence-corrected chi connectivity index (χ3v) is 8.82. The number of aliphatic hydroxyl groups is 1. The van der Waals surface area contributed by atoms with Crippen LogP contribution in [0.25, 0.3) is 0 Å². The zero-order valence-electron chi connectivity index (χ0n) is 31.2. The minimum atomic E-state index is -1.62. The molecule has 1 aliphatic heterocycles. The molecular formula is C35H54N8O12. The van der Waals surface area contributed by atoms with Gasteiger partial charge in [0.15, 0.2) is 0 Å². The summed E-state index contributed by atoms with van der Waals surface area (Å²) in [7, 11) is 0. The van der Waals surface area contributed by atoms with Crippen LogP contribution in [0.4, 0.5) is 4.79 Å². The fourth-order valence-electron chi connectivity index (χ4n) is 5.91. The van der Waals surface area contributed by atoms with Crippen LogP contribution in [0.2, 0.25) is 0 Å². The van der Waals surface area contributed by atoms with Crippen molar-refractivity contribution in [3.05, 3.63) is 29.8 Å². The third-order valence-electron chi connectivity index (χ3n) is 8.82. The molecule has 20 heteroatoms. The normalized spacial score (nSPS) is 17.1. The van der Waals surface area contributed by atoms with Crippen LogP contribution >= 0.6 is 0 Å². The van der Waals surface area contributed by atoms with Crippen LogP contribution in [0.1, 0.15) is 71.3 Å². The second kappa shape index (κ2) is 22.0. The van der Waals surface area contributed by atoms with Gasteiger partial charge < -0.3 is 63.4 Å². The summed E-state index contributed by atoms with van der Waals surface area (Å²) in [6, 6.07) is -3.01. The number of phenols is 1. The van der Waals surface area contributed by atoms with Crippen LogP contribution in [-0.2, 0) is 40.0 Å². The summed E-state index contributed by atoms with van der Waals surface area (Å²) in [5, 5.41) is 51.4. The molecule has 0 aromatic heterocycles. The van der Waals surface area contributed by atoms with E-state index in [1.165, 1.54) is 31.2 Å². The molecule has 2 rings (SSSR count). The van der Waals surface area contributed by atoms with Crippen molar-refractivity contribution in [3.63, 3.8) is 0 Å². The van der Waals surface area contributed by atoms with Gasteiger partial charge in [-0.25, -0.2) is 9.59 Å². The van der Waals surface area contributed by atoms with Gasteiger partial charge in [-0.05, 0) is 69.1 Å². The molecule has 1 saturated heterocycles. The number of hydrogen-bond acceptors (Lipinski definition) is 11. The van der Waals surface area contributed by atoms with E-state index in [0.717, 1.165) is 4.90 Å². The summed E-state index contributed by atoms with van der Waals surface area (Å²) in [6.45, 7) is 4.91. The first kappa shape index (κ1) is 45.7. The fourth-order valence-corrected chi connectivity index (χ4v) is 5.91. The van der Waals surface area contributed by atoms with Crippen molar-refractivity contribution in [3.8, 4) is 5.75 Å². The lowest BCUT2D eigenvalue weighted by molar-refractivity contribution is -0.145. The molecule has 7 atom stereocenters. The van der Waals surface area contributed by atoms with Gasteiger partial charge in [0, 0.05) is 25.9 Å². The Kier molecular flexibility index (Phi) is 18.3. The van der Waals surface area contributed by atoms with E-state index >= 15 is 0 Å². The maximum absolute atomic E-state index is 13.9. The Balaban J connectivity index is 2.26. The Hall–Kier alpha value is -5.50. The summed E-state index contributed by atoms with van der Waals surface area (Å²) in [5.74, 6) is -6.97. The molecule has 7 amide bonds. The topological polar surface area (TPSA) is 333 Å². The Morgan fingerprint density at radius 2 is 1.47 bits per heavy atom. The predicted octanol–water partition coefficient (Wildman–Crippen LogP) is -1.98. The predicted molar refractivity (Wildman–Crippen MR) is 195 cm³/mol. The van der Waals surface area contributed by atoms with E-state index in [1.807, 2.05) is 0 Å². The molecule has 13 N–H and O–H groups in total. The van der Waals surface area contributed by atoms with Crippen LogP contribution in [0, 0.1) is 5.92 Å². The number of carboxylic acid groups (broad SMARTS) is 2. The minimum Gasteiger partial charge on any atom is -0.508 e. The summed E-state index contributed by atoms with van der Waals surface area (Å²) in [6.07, 6.45) is -1.64. The van der Waals surface area contributed by atoms with Crippen molar-refractivity contribution in [2.24, 2.45) is 17.4 Å². The van der Waals surface area contributed by atoms with Gasteiger partial charge in [0.1, 0.15) is 36.0 Å². The maximum Gasteiger partial charge on any atom is 0.326 e. The maximum atomic E-state index is 13.9. The number of phenolic OH excluding ortho intramolecular Hbond substituents is 1. The second-order valence-corrected chi connectivity index (χ2v) is 13.9. The van der Waals surface area contributed by atoms with E-state index in [0.29, 0.717) is 18.4 Å². The Morgan fingerprint density at radius 1 is 0.855 bits per heavy atom. The molecule has 1 aliphatic rings. The van der Waals surface area contributed by atoms with E-state index in [1.54, 1.807) is 13.8 Å². The number of nitrogens with one attached hydrogen (secondary N) is 5. The largest absolute Gasteiger partial charge is 0.508 e. The molecule has 55 heavy (non-hydrogen) atoms. The van der Waals surface area contributed by atoms with E-state index in [-0.39, 0.29) is 56.9 Å². The van der Waals surface area contributed by atoms with Crippen LogP contribution in [-0.4, -0.2) is 128 Å². The van der Waals surface area contributed by atoms with E-state index in [4.69, 9.17) is 11.5 Å². The Bertz CT molecular complexity index is 1520. The SMILES string of the molecule is CC(C)C[C@H](NC(=O)[C@H](CCC(=O)O)NC(=O)[C@@H]1CCCN1C(=O)[C@@H](NC(=O)[C@H](Cc1ccc(O)cc1)NC(=O)[C@@H](N)CCCNC(N)=O)[C@@H](C)O)C(=O)O. The minimum absolute atomic E-state index is 0.0185. The van der Waals surface area contributed by atoms with Crippen LogP contribution < -0.4 is 38.1 Å². The fraction of sp³-hybridized carbons (Fsp3) is 0.600. The van der Waals surface area contributed by atoms with Crippen molar-refractivity contribution < 1.29 is 58.8 Å². The molecule has 1 aromatic rings. The number of rotatable bonds is 22. The molecule has 0 radical (unpaired) electrons. The number of likely N-dealkylation sites (tertiary alicyclic amines) is 1. The zero-order valence-corrected chi connectivity index (χ0v) is 31.2. The standard InChI is InChI=1S/C35H54N8O12/c1-18(2)16-25(34(53)54)41-30(49)23(12-13-27(46)47)39-32(51)26-7-5-15-43(26)33(52)28(19(3)44)42-31(50)24(17-20-8-10-21(45)11-9-20)40-29(48)22(36)6-4-14-38-35(37)55/h8-11,18-19,22-26,28,44-45H,4-7,12-17,36H2,1-3H3,(H,39,51)(H,40,48)(H,41,49)(H,42,50)(H,46,47)(H,53,54)(H3,37,38,55)/t19-,22+,23+,24+,25+,26+,28+/m1/s1. The average Bonchev–Trinajstić information content (AvgIpc) is 3.60. The highest BCUT2D eigenvalue weighted by atomic mass is 16.4. The van der Waals surface area contributed by atoms with Gasteiger partial charge in [-0.3, -0.25) is 28.8 Å². The van der Waals surface area contributed by atoms with Gasteiger partial charge in [0.05, 0.1) is 12.1 Å². The highest BCUT2D eigenvalue weighted by Gasteiger charge is 2.41. The number of benzene rings is 1. The molecular weight excluding hydrogens is 724 g/mol. The number of aromatic hydroxyl groups is 1. The van der Waals surface area contributed by atoms with Gasteiger partial charge in [0.25, 0.3) is 0 Å². The van der Waals surface area contributed by atoms with E-state index in [2.05, 4.69) is 26.6 Å². The Morgan fingerprint density at radius 3 is 2.04 bits per heavy atom. The highest BCUT2D eigenvalue weighted by molar-refractivity contribution is 5.97. The van der Waals surface area contributed by atoms with Crippen molar-refractivity contribution in [2.75, 3.05) is 13.1 Å². The molecule has 0 bridgehead atoms. The summed E-state index contributed by atoms with van der Waals surface area (Å²) in [5.41, 5.74) is 11.6. The molecule has 0 unspecified atom stereocenters. The van der Waals surface area contributed by atoms with Crippen molar-refractivity contribution in [1.82, 2.24) is 31.5 Å². The zero-order chi connectivity index (χ0) is 41.4. The van der Waals surface area contributed by atoms with Crippen molar-refractivity contribution in [2.45, 2.75) is 114 Å². The number of carbonyl (C=O) groups is 8. The van der Waals surface area contributed by atoms with Crippen molar-refractivity contribution >= 4 is 47.5 Å². The number of hydrogen-bond donors (Lipinski definition) is 11. The van der Waals surface area contributed by atoms with Gasteiger partial charge in [-0.15, -0.1) is 0 Å². The molecule has 0 aliphatic carbocycles. The molecule has 1 heterocycles. The first-order valence-corrected chi connectivity index (χ1v) is 18.0. The summed E-state index contributed by atoms with van der Waals surface area (Å²) in [4.78, 5) is 103. The van der Waals surface area contributed by atoms with E-state index in [9.17, 15) is 58.8 Å². The number of carbonyl (C=O) groups excluding carboxylic acids is 6. The first-order chi connectivity index (χ1) is 25.8. The second-order valence-electron chi connectivity index (χ2n) is 13.9. The highest BCUT2D eigenvalue weighted by Crippen LogP contribution is 2.21. The average molecular weight is 779 g/mol. The van der Waals surface area contributed by atoms with E-state index < -0.39 is 96.3 Å². The smallest absolute Gasteiger partial charge is 0.326 e. The van der Waals surface area contributed by atoms with Gasteiger partial charge >= 0.3 is 18.0 Å². The molecule has 0 saturated carbocycles. The summed E-state index contributed by atoms with van der Waals surface area (Å²) < 4.78 is 0. The number of nitrogens with zero attached hydrogens (tertiary/aromatic N) is 1. The first-order valence-electron chi connectivity index (χ1n) is 18.0. The molecule has 0 spiro atoms. The van der Waals surface area contributed by atoms with Crippen LogP contribution in [0.3, 0.4) is 0 Å². The number of aliphatic hydroxyl groups excluding tert-OH is 1. The Labute approximate surface area is 318 Å². The molecule has 1 fully saturated rings. The monoisotopic (exact) mass is 778 g/mol. The molecule has 1 aromatic carbocycles. The number of primary amides is 1. The van der Waals surface area contributed by atoms with Gasteiger partial charge in [-0.1, -0.05) is 26.0 Å². The van der Waals surface area contributed by atoms with Crippen LogP contribution in [0.5, 0.6) is 5.75 Å².